The topological polar surface area (TPSA) is 171 Å². The van der Waals surface area contributed by atoms with Crippen molar-refractivity contribution in [2.75, 3.05) is 0 Å². The van der Waals surface area contributed by atoms with E-state index < -0.39 is 0 Å². The van der Waals surface area contributed by atoms with Gasteiger partial charge in [0.2, 0.25) is 0 Å². The summed E-state index contributed by atoms with van der Waals surface area (Å²) in [7, 11) is 0. The van der Waals surface area contributed by atoms with Crippen LogP contribution in [-0.4, -0.2) is 82.2 Å². The van der Waals surface area contributed by atoms with E-state index in [1.807, 2.05) is 148 Å². The number of hydrogen-bond acceptors (Lipinski definition) is 11. The lowest BCUT2D eigenvalue weighted by Crippen LogP contribution is -2.03. The van der Waals surface area contributed by atoms with Crippen molar-refractivity contribution < 1.29 is 0 Å². The van der Waals surface area contributed by atoms with Crippen LogP contribution in [0.5, 0.6) is 0 Å². The molecule has 0 fully saturated rings. The average Bonchev–Trinajstić information content (AvgIpc) is 1.64. The Hall–Kier alpha value is -13.7. The third-order valence-corrected chi connectivity index (χ3v) is 25.0. The molecule has 21 aromatic rings. The van der Waals surface area contributed by atoms with Crippen molar-refractivity contribution in [2.24, 2.45) is 0 Å². The van der Waals surface area contributed by atoms with E-state index in [1.165, 1.54) is 127 Å². The van der Waals surface area contributed by atoms with Crippen LogP contribution < -0.4 is 0 Å². The largest absolute Gasteiger partial charge is 0.341 e. The molecule has 6 atom stereocenters. The Balaban J connectivity index is 0.000000109. The highest BCUT2D eigenvalue weighted by Gasteiger charge is 2.21. The lowest BCUT2D eigenvalue weighted by Gasteiger charge is -2.14. The lowest BCUT2D eigenvalue weighted by molar-refractivity contribution is 0.562. The van der Waals surface area contributed by atoms with E-state index in [-0.39, 0.29) is 0 Å². The smallest absolute Gasteiger partial charge is 0.137 e. The molecule has 0 radical (unpaired) electrons. The minimum absolute atomic E-state index is 0.461. The first-order valence-electron chi connectivity index (χ1n) is 43.4. The van der Waals surface area contributed by atoms with E-state index in [2.05, 4.69) is 318 Å². The first kappa shape index (κ1) is 82.0. The van der Waals surface area contributed by atoms with Crippen LogP contribution in [0.2, 0.25) is 0 Å². The summed E-state index contributed by atoms with van der Waals surface area (Å²) in [6.07, 6.45) is 42.7. The third kappa shape index (κ3) is 15.9. The fourth-order valence-electron chi connectivity index (χ4n) is 17.1. The monoisotopic (exact) mass is 1610 g/mol. The predicted octanol–water partition coefficient (Wildman–Crippen LogP) is 27.1. The van der Waals surface area contributed by atoms with Crippen molar-refractivity contribution in [3.63, 3.8) is 0 Å². The second-order valence-electron chi connectivity index (χ2n) is 32.1. The number of fused-ring (bicyclic) bond motifs is 18. The van der Waals surface area contributed by atoms with Crippen molar-refractivity contribution >= 4 is 131 Å². The summed E-state index contributed by atoms with van der Waals surface area (Å²) in [5.74, 6) is 3.29. The maximum Gasteiger partial charge on any atom is 0.137 e. The molecule has 0 amide bonds. The third-order valence-electron chi connectivity index (χ3n) is 25.0. The van der Waals surface area contributed by atoms with Gasteiger partial charge in [0.1, 0.15) is 16.9 Å². The number of pyridine rings is 11. The Morgan fingerprint density at radius 2 is 0.566 bits per heavy atom. The zero-order chi connectivity index (χ0) is 84.5. The van der Waals surface area contributed by atoms with Gasteiger partial charge in [-0.3, -0.25) is 54.4 Å². The van der Waals surface area contributed by atoms with Gasteiger partial charge in [0, 0.05) is 195 Å². The van der Waals surface area contributed by atoms with Crippen molar-refractivity contribution in [1.29, 1.82) is 0 Å². The van der Waals surface area contributed by atoms with Crippen LogP contribution >= 0.6 is 0 Å². The molecule has 0 bridgehead atoms. The summed E-state index contributed by atoms with van der Waals surface area (Å²) < 4.78 is 13.8. The van der Waals surface area contributed by atoms with Crippen LogP contribution in [0.25, 0.3) is 148 Å². The van der Waals surface area contributed by atoms with Gasteiger partial charge in [-0.25, -0.2) is 4.98 Å². The summed E-state index contributed by atoms with van der Waals surface area (Å²) in [6.45, 7) is 30.1. The molecule has 17 heterocycles. The van der Waals surface area contributed by atoms with E-state index in [1.54, 1.807) is 0 Å². The molecule has 0 aliphatic heterocycles. The molecule has 17 aromatic heterocycles. The molecule has 0 saturated carbocycles. The van der Waals surface area contributed by atoms with Crippen LogP contribution in [0, 0.1) is 0 Å². The van der Waals surface area contributed by atoms with E-state index in [4.69, 9.17) is 0 Å². The number of rotatable bonds is 16. The molecule has 0 spiro atoms. The fraction of sp³-hybridized carbons (Fsp3) is 0.248. The second kappa shape index (κ2) is 36.9. The van der Waals surface area contributed by atoms with Gasteiger partial charge < -0.3 is 22.8 Å². The van der Waals surface area contributed by atoms with Gasteiger partial charge in [-0.1, -0.05) is 112 Å². The molecular formula is C105H107N17. The highest BCUT2D eigenvalue weighted by molar-refractivity contribution is 6.12. The fourth-order valence-corrected chi connectivity index (χ4v) is 17.1. The SMILES string of the molecule is CCC(C)c1ccc(-n2c3ccncc3c3cnccc32)cc1.CCC(C)c1ccc(-n2c3cnccc3c3ccncc32)cc1.CCC(C)c1ccc2c(c1)c1cnccc1n2-c1ccccn1.CCC(C)c1ccc2c(c1)c1cnccc1n2CC.CCC(C)n1c2cccnc2c2ncccc21.CCC(C)n1c2ccncc2c2cnccc21. The summed E-state index contributed by atoms with van der Waals surface area (Å²) in [5.41, 5.74) is 24.3. The van der Waals surface area contributed by atoms with Crippen LogP contribution in [0.4, 0.5) is 0 Å². The van der Waals surface area contributed by atoms with Gasteiger partial charge in [-0.15, -0.1) is 0 Å². The zero-order valence-electron chi connectivity index (χ0n) is 72.2. The Morgan fingerprint density at radius 3 is 0.992 bits per heavy atom. The van der Waals surface area contributed by atoms with E-state index in [0.717, 1.165) is 88.5 Å². The molecular weight excluding hydrogens is 1500 g/mol. The second-order valence-corrected chi connectivity index (χ2v) is 32.1. The summed E-state index contributed by atoms with van der Waals surface area (Å²) >= 11 is 0. The lowest BCUT2D eigenvalue weighted by atomic mass is 9.97. The minimum Gasteiger partial charge on any atom is -0.341 e. The molecule has 0 N–H and O–H groups in total. The molecule has 0 aliphatic carbocycles. The van der Waals surface area contributed by atoms with Gasteiger partial charge in [0.05, 0.1) is 73.1 Å². The Morgan fingerprint density at radius 1 is 0.238 bits per heavy atom. The summed E-state index contributed by atoms with van der Waals surface area (Å²) in [6, 6.07) is 63.2. The van der Waals surface area contributed by atoms with Crippen LogP contribution in [-0.2, 0) is 6.54 Å². The van der Waals surface area contributed by atoms with Gasteiger partial charge >= 0.3 is 0 Å². The first-order chi connectivity index (χ1) is 59.8. The van der Waals surface area contributed by atoms with E-state index in [0.29, 0.717) is 35.8 Å². The molecule has 6 unspecified atom stereocenters. The average molecular weight is 1610 g/mol. The zero-order valence-corrected chi connectivity index (χ0v) is 72.2. The first-order valence-corrected chi connectivity index (χ1v) is 43.4. The van der Waals surface area contributed by atoms with Gasteiger partial charge in [-0.2, -0.15) is 0 Å². The molecule has 122 heavy (non-hydrogen) atoms. The molecule has 4 aromatic carbocycles. The summed E-state index contributed by atoms with van der Waals surface area (Å²) in [5, 5.41) is 12.1. The Bertz CT molecular complexity index is 6670. The summed E-state index contributed by atoms with van der Waals surface area (Å²) in [4.78, 5) is 47.7. The van der Waals surface area contributed by atoms with Crippen molar-refractivity contribution in [3.8, 4) is 17.2 Å². The number of benzene rings is 4. The quantitative estimate of drug-likeness (QED) is 0.0901. The molecule has 21 rings (SSSR count). The van der Waals surface area contributed by atoms with Crippen molar-refractivity contribution in [3.05, 3.63) is 316 Å². The predicted molar refractivity (Wildman–Crippen MR) is 507 cm³/mol. The molecule has 0 aliphatic rings. The highest BCUT2D eigenvalue weighted by Crippen LogP contribution is 2.39. The number of nitrogens with zero attached hydrogens (tertiary/aromatic N) is 17. The Kier molecular flexibility index (Phi) is 24.8. The van der Waals surface area contributed by atoms with Crippen LogP contribution in [0.3, 0.4) is 0 Å². The standard InChI is InChI=1S/3C20H19N3.C17H20N2.2C14H15N3/c1-3-14(2)15-4-6-16(7-5-15)23-19-8-10-21-12-17(19)18-13-22-11-9-20(18)23;1-3-14(2)15-4-6-16(7-5-15)23-19-12-21-10-8-17(19)18-9-11-22-13-20(18)23;1-3-14(2)15-7-8-18-16(12-15)17-13-21-11-9-19(17)23(18)20-6-4-5-10-22-20;1-4-12(3)13-6-7-16-14(10-13)15-11-18-9-8-17(15)19(16)5-2;1-3-10(2)17-13-4-6-15-8-11(13)12-9-16-7-5-14(12)17;1-3-10(2)17-11-6-4-8-15-13(11)14-12(17)7-5-9-16-14/h3*4-14H,3H2,1-2H3;6-12H,4-5H2,1-3H3;2*4-10H,3H2,1-2H3. The maximum absolute atomic E-state index is 4.54. The van der Waals surface area contributed by atoms with E-state index in [9.17, 15) is 0 Å². The molecule has 17 heteroatoms. The number of hydrogen-bond donors (Lipinski definition) is 0. The molecule has 0 saturated heterocycles. The maximum atomic E-state index is 4.54. The normalized spacial score (nSPS) is 13.0. The van der Waals surface area contributed by atoms with Crippen LogP contribution in [0.15, 0.2) is 294 Å². The number of aryl methyl sites for hydroxylation is 1. The van der Waals surface area contributed by atoms with Crippen molar-refractivity contribution in [1.82, 2.24) is 82.2 Å². The van der Waals surface area contributed by atoms with Gasteiger partial charge in [-0.05, 0) is 239 Å². The van der Waals surface area contributed by atoms with Crippen molar-refractivity contribution in [2.45, 2.75) is 171 Å². The Labute approximate surface area is 713 Å². The highest BCUT2D eigenvalue weighted by atomic mass is 15.1. The molecule has 17 nitrogen and oxygen atoms in total. The minimum atomic E-state index is 0.461. The van der Waals surface area contributed by atoms with Gasteiger partial charge in [0.15, 0.2) is 0 Å². The van der Waals surface area contributed by atoms with Crippen LogP contribution in [0.1, 0.15) is 187 Å². The molecule has 612 valence electrons. The number of aromatic nitrogens is 17. The van der Waals surface area contributed by atoms with E-state index >= 15 is 0 Å². The van der Waals surface area contributed by atoms with Gasteiger partial charge in [0.25, 0.3) is 0 Å².